The van der Waals surface area contributed by atoms with Gasteiger partial charge in [-0.3, -0.25) is 4.79 Å². The number of nitrogens with one attached hydrogen (secondary N) is 1. The Morgan fingerprint density at radius 3 is 2.48 bits per heavy atom. The van der Waals surface area contributed by atoms with Gasteiger partial charge in [0, 0.05) is 17.8 Å². The summed E-state index contributed by atoms with van der Waals surface area (Å²) in [5.41, 5.74) is 0.614. The van der Waals surface area contributed by atoms with Crippen LogP contribution in [-0.2, 0) is 4.79 Å². The lowest BCUT2D eigenvalue weighted by Crippen LogP contribution is -2.45. The number of aromatic nitrogens is 2. The monoisotopic (exact) mass is 382 g/mol. The summed E-state index contributed by atoms with van der Waals surface area (Å²) in [4.78, 5) is 14.5. The van der Waals surface area contributed by atoms with Gasteiger partial charge < -0.3 is 10.2 Å². The number of nitrogens with zero attached hydrogens (tertiary/aromatic N) is 3. The Kier molecular flexibility index (Phi) is 6.78. The van der Waals surface area contributed by atoms with Gasteiger partial charge in [-0.1, -0.05) is 29.2 Å². The molecule has 5 nitrogen and oxygen atoms in total. The van der Waals surface area contributed by atoms with E-state index in [1.165, 1.54) is 35.2 Å². The number of halogens is 1. The number of benzene rings is 1. The van der Waals surface area contributed by atoms with Crippen molar-refractivity contribution in [3.05, 3.63) is 30.1 Å². The molecule has 0 saturated carbocycles. The van der Waals surface area contributed by atoms with E-state index in [1.807, 2.05) is 39.5 Å². The molecule has 0 saturated heterocycles. The van der Waals surface area contributed by atoms with Gasteiger partial charge in [0.2, 0.25) is 11.0 Å². The SMILES string of the molecule is CC(Sc1nnc(Nc2cccc(F)c2)s1)C(=O)N(C(C)C)C(C)C. The van der Waals surface area contributed by atoms with Crippen molar-refractivity contribution in [1.29, 1.82) is 0 Å². The largest absolute Gasteiger partial charge is 0.337 e. The minimum atomic E-state index is -0.314. The van der Waals surface area contributed by atoms with Crippen LogP contribution in [0.3, 0.4) is 0 Å². The van der Waals surface area contributed by atoms with Crippen LogP contribution in [0.1, 0.15) is 34.6 Å². The van der Waals surface area contributed by atoms with Crippen molar-refractivity contribution in [2.75, 3.05) is 5.32 Å². The molecule has 1 aromatic heterocycles. The number of rotatable bonds is 7. The number of carbonyl (C=O) groups excluding carboxylic acids is 1. The molecule has 1 aromatic carbocycles. The average molecular weight is 383 g/mol. The Bertz CT molecular complexity index is 712. The summed E-state index contributed by atoms with van der Waals surface area (Å²) in [6.07, 6.45) is 0. The zero-order valence-corrected chi connectivity index (χ0v) is 16.6. The molecule has 1 atom stereocenters. The predicted octanol–water partition coefficient (Wildman–Crippen LogP) is 4.55. The summed E-state index contributed by atoms with van der Waals surface area (Å²) in [7, 11) is 0. The van der Waals surface area contributed by atoms with Crippen molar-refractivity contribution in [2.45, 2.75) is 56.3 Å². The lowest BCUT2D eigenvalue weighted by atomic mass is 10.2. The van der Waals surface area contributed by atoms with Crippen molar-refractivity contribution in [1.82, 2.24) is 15.1 Å². The first-order valence-electron chi connectivity index (χ1n) is 8.13. The average Bonchev–Trinajstić information content (AvgIpc) is 2.93. The summed E-state index contributed by atoms with van der Waals surface area (Å²) < 4.78 is 13.9. The van der Waals surface area contributed by atoms with Gasteiger partial charge in [0.15, 0.2) is 4.34 Å². The second-order valence-corrected chi connectivity index (χ2v) is 8.77. The highest BCUT2D eigenvalue weighted by Crippen LogP contribution is 2.31. The molecule has 1 amide bonds. The molecule has 0 aliphatic heterocycles. The molecule has 0 radical (unpaired) electrons. The fourth-order valence-corrected chi connectivity index (χ4v) is 4.49. The number of amides is 1. The minimum absolute atomic E-state index is 0.0878. The van der Waals surface area contributed by atoms with Crippen LogP contribution in [0.5, 0.6) is 0 Å². The summed E-state index contributed by atoms with van der Waals surface area (Å²) in [6.45, 7) is 9.94. The Balaban J connectivity index is 2.01. The number of carbonyl (C=O) groups is 1. The van der Waals surface area contributed by atoms with E-state index in [1.54, 1.807) is 12.1 Å². The van der Waals surface area contributed by atoms with Crippen LogP contribution < -0.4 is 5.32 Å². The van der Waals surface area contributed by atoms with Crippen LogP contribution >= 0.6 is 23.1 Å². The van der Waals surface area contributed by atoms with E-state index in [9.17, 15) is 9.18 Å². The smallest absolute Gasteiger partial charge is 0.236 e. The molecule has 136 valence electrons. The lowest BCUT2D eigenvalue weighted by Gasteiger charge is -2.32. The van der Waals surface area contributed by atoms with E-state index in [0.717, 1.165) is 0 Å². The van der Waals surface area contributed by atoms with Gasteiger partial charge in [-0.25, -0.2) is 4.39 Å². The van der Waals surface area contributed by atoms with E-state index in [0.29, 0.717) is 15.2 Å². The molecule has 1 N–H and O–H groups in total. The Hall–Kier alpha value is -1.67. The predicted molar refractivity (Wildman–Crippen MR) is 102 cm³/mol. The highest BCUT2D eigenvalue weighted by molar-refractivity contribution is 8.02. The molecule has 1 heterocycles. The maximum absolute atomic E-state index is 13.2. The minimum Gasteiger partial charge on any atom is -0.337 e. The zero-order chi connectivity index (χ0) is 18.6. The maximum atomic E-state index is 13.2. The normalized spacial score (nSPS) is 12.5. The Labute approximate surface area is 156 Å². The number of hydrogen-bond donors (Lipinski definition) is 1. The number of hydrogen-bond acceptors (Lipinski definition) is 6. The first-order chi connectivity index (χ1) is 11.8. The fourth-order valence-electron chi connectivity index (χ4n) is 2.51. The Morgan fingerprint density at radius 1 is 1.20 bits per heavy atom. The molecule has 0 aliphatic rings. The molecular formula is C17H23FN4OS2. The summed E-state index contributed by atoms with van der Waals surface area (Å²) >= 11 is 2.73. The van der Waals surface area contributed by atoms with E-state index >= 15 is 0 Å². The summed E-state index contributed by atoms with van der Waals surface area (Å²) in [5.74, 6) is -0.226. The van der Waals surface area contributed by atoms with Crippen LogP contribution in [0.15, 0.2) is 28.6 Å². The van der Waals surface area contributed by atoms with Gasteiger partial charge in [-0.05, 0) is 52.8 Å². The van der Waals surface area contributed by atoms with Crippen molar-refractivity contribution in [3.63, 3.8) is 0 Å². The highest BCUT2D eigenvalue weighted by Gasteiger charge is 2.26. The van der Waals surface area contributed by atoms with Crippen molar-refractivity contribution >= 4 is 39.8 Å². The van der Waals surface area contributed by atoms with Gasteiger partial charge in [0.25, 0.3) is 0 Å². The Morgan fingerprint density at radius 2 is 1.88 bits per heavy atom. The molecule has 8 heteroatoms. The van der Waals surface area contributed by atoms with Crippen LogP contribution in [-0.4, -0.2) is 38.3 Å². The van der Waals surface area contributed by atoms with E-state index in [4.69, 9.17) is 0 Å². The van der Waals surface area contributed by atoms with Crippen molar-refractivity contribution in [3.8, 4) is 0 Å². The second kappa shape index (κ2) is 8.62. The van der Waals surface area contributed by atoms with Crippen LogP contribution in [0.4, 0.5) is 15.2 Å². The van der Waals surface area contributed by atoms with Crippen molar-refractivity contribution < 1.29 is 9.18 Å². The van der Waals surface area contributed by atoms with Crippen molar-refractivity contribution in [2.24, 2.45) is 0 Å². The van der Waals surface area contributed by atoms with Gasteiger partial charge in [0.1, 0.15) is 5.82 Å². The number of thioether (sulfide) groups is 1. The van der Waals surface area contributed by atoms with E-state index < -0.39 is 0 Å². The highest BCUT2D eigenvalue weighted by atomic mass is 32.2. The molecule has 0 aliphatic carbocycles. The third kappa shape index (κ3) is 5.40. The second-order valence-electron chi connectivity index (χ2n) is 6.20. The molecule has 0 spiro atoms. The van der Waals surface area contributed by atoms with Gasteiger partial charge in [0.05, 0.1) is 5.25 Å². The van der Waals surface area contributed by atoms with Gasteiger partial charge >= 0.3 is 0 Å². The standard InChI is InChI=1S/C17H23FN4OS2/c1-10(2)22(11(3)4)15(23)12(5)24-17-21-20-16(25-17)19-14-8-6-7-13(18)9-14/h6-12H,1-5H3,(H,19,20). The van der Waals surface area contributed by atoms with Crippen LogP contribution in [0, 0.1) is 5.82 Å². The third-order valence-corrected chi connectivity index (χ3v) is 5.49. The summed E-state index contributed by atoms with van der Waals surface area (Å²) in [6, 6.07) is 6.46. The lowest BCUT2D eigenvalue weighted by molar-refractivity contribution is -0.133. The molecular weight excluding hydrogens is 359 g/mol. The molecule has 2 aromatic rings. The summed E-state index contributed by atoms with van der Waals surface area (Å²) in [5, 5.41) is 11.5. The molecule has 2 rings (SSSR count). The molecule has 1 unspecified atom stereocenters. The van der Waals surface area contributed by atoms with Gasteiger partial charge in [-0.15, -0.1) is 10.2 Å². The van der Waals surface area contributed by atoms with Crippen LogP contribution in [0.25, 0.3) is 0 Å². The topological polar surface area (TPSA) is 58.1 Å². The van der Waals surface area contributed by atoms with Crippen LogP contribution in [0.2, 0.25) is 0 Å². The molecule has 0 bridgehead atoms. The molecule has 0 fully saturated rings. The first-order valence-corrected chi connectivity index (χ1v) is 9.82. The number of anilines is 2. The van der Waals surface area contributed by atoms with Gasteiger partial charge in [-0.2, -0.15) is 0 Å². The third-order valence-electron chi connectivity index (χ3n) is 3.47. The first kappa shape index (κ1) is 19.7. The maximum Gasteiger partial charge on any atom is 0.236 e. The zero-order valence-electron chi connectivity index (χ0n) is 15.0. The molecule has 25 heavy (non-hydrogen) atoms. The van der Waals surface area contributed by atoms with E-state index in [-0.39, 0.29) is 29.1 Å². The quantitative estimate of drug-likeness (QED) is 0.712. The van der Waals surface area contributed by atoms with E-state index in [2.05, 4.69) is 15.5 Å². The fraction of sp³-hybridized carbons (Fsp3) is 0.471.